The van der Waals surface area contributed by atoms with E-state index in [1.54, 1.807) is 25.4 Å². The average Bonchev–Trinajstić information content (AvgIpc) is 2.34. The van der Waals surface area contributed by atoms with Crippen molar-refractivity contribution < 1.29 is 4.74 Å². The Morgan fingerprint density at radius 1 is 1.69 bits per heavy atom. The topological polar surface area (TPSA) is 62.0 Å². The summed E-state index contributed by atoms with van der Waals surface area (Å²) in [7, 11) is 1.64. The minimum atomic E-state index is 0.358. The third-order valence-corrected chi connectivity index (χ3v) is 1.96. The average molecular weight is 218 g/mol. The van der Waals surface area contributed by atoms with Crippen molar-refractivity contribution in [1.82, 2.24) is 9.97 Å². The van der Waals surface area contributed by atoms with E-state index in [-0.39, 0.29) is 0 Å². The predicted molar refractivity (Wildman–Crippen MR) is 61.0 cm³/mol. The fourth-order valence-electron chi connectivity index (χ4n) is 1.19. The van der Waals surface area contributed by atoms with Gasteiger partial charge in [-0.15, -0.1) is 6.58 Å². The molecule has 0 aliphatic rings. The van der Waals surface area contributed by atoms with Crippen LogP contribution in [0, 0.1) is 11.3 Å². The summed E-state index contributed by atoms with van der Waals surface area (Å²) in [6.45, 7) is 5.54. The molecule has 0 aliphatic heterocycles. The summed E-state index contributed by atoms with van der Waals surface area (Å²) in [4.78, 5) is 10.1. The second-order valence-electron chi connectivity index (χ2n) is 3.08. The zero-order chi connectivity index (χ0) is 11.8. The molecule has 0 unspecified atom stereocenters. The van der Waals surface area contributed by atoms with Crippen LogP contribution in [-0.2, 0) is 4.74 Å². The molecule has 0 bridgehead atoms. The van der Waals surface area contributed by atoms with Crippen LogP contribution < -0.4 is 4.90 Å². The smallest absolute Gasteiger partial charge is 0.226 e. The van der Waals surface area contributed by atoms with Crippen LogP contribution in [0.2, 0.25) is 0 Å². The summed E-state index contributed by atoms with van der Waals surface area (Å²) in [5.74, 6) is 0.524. The molecule has 16 heavy (non-hydrogen) atoms. The molecule has 5 heteroatoms. The Labute approximate surface area is 95.0 Å². The molecule has 0 fully saturated rings. The normalized spacial score (nSPS) is 9.50. The van der Waals surface area contributed by atoms with E-state index >= 15 is 0 Å². The number of ether oxygens (including phenoxy) is 1. The van der Waals surface area contributed by atoms with Gasteiger partial charge >= 0.3 is 0 Å². The number of anilines is 1. The van der Waals surface area contributed by atoms with Gasteiger partial charge in [-0.05, 0) is 6.07 Å². The van der Waals surface area contributed by atoms with Crippen molar-refractivity contribution in [3.8, 4) is 6.07 Å². The second-order valence-corrected chi connectivity index (χ2v) is 3.08. The zero-order valence-corrected chi connectivity index (χ0v) is 9.26. The van der Waals surface area contributed by atoms with E-state index in [9.17, 15) is 0 Å². The van der Waals surface area contributed by atoms with E-state index in [2.05, 4.69) is 16.5 Å². The molecule has 84 valence electrons. The van der Waals surface area contributed by atoms with Crippen molar-refractivity contribution in [2.75, 3.05) is 31.7 Å². The van der Waals surface area contributed by atoms with Crippen LogP contribution in [0.15, 0.2) is 24.9 Å². The summed E-state index contributed by atoms with van der Waals surface area (Å²) < 4.78 is 5.00. The molecule has 0 N–H and O–H groups in total. The van der Waals surface area contributed by atoms with Crippen LogP contribution in [-0.4, -0.2) is 36.8 Å². The first-order chi connectivity index (χ1) is 7.81. The number of methoxy groups -OCH3 is 1. The van der Waals surface area contributed by atoms with Gasteiger partial charge in [0.2, 0.25) is 5.95 Å². The van der Waals surface area contributed by atoms with E-state index in [0.717, 1.165) is 0 Å². The first-order valence-corrected chi connectivity index (χ1v) is 4.89. The van der Waals surface area contributed by atoms with Gasteiger partial charge in [-0.1, -0.05) is 6.08 Å². The van der Waals surface area contributed by atoms with Gasteiger partial charge in [-0.2, -0.15) is 5.26 Å². The Morgan fingerprint density at radius 2 is 2.50 bits per heavy atom. The number of nitriles is 1. The Kier molecular flexibility index (Phi) is 4.96. The Balaban J connectivity index is 2.82. The van der Waals surface area contributed by atoms with Crippen molar-refractivity contribution >= 4 is 5.95 Å². The van der Waals surface area contributed by atoms with Gasteiger partial charge in [0.1, 0.15) is 11.8 Å². The van der Waals surface area contributed by atoms with E-state index in [1.165, 1.54) is 0 Å². The lowest BCUT2D eigenvalue weighted by atomic mass is 10.4. The summed E-state index contributed by atoms with van der Waals surface area (Å²) >= 11 is 0. The van der Waals surface area contributed by atoms with Crippen LogP contribution >= 0.6 is 0 Å². The molecule has 0 saturated heterocycles. The maximum atomic E-state index is 8.75. The Bertz CT molecular complexity index is 386. The molecule has 0 spiro atoms. The molecule has 0 aliphatic carbocycles. The minimum absolute atomic E-state index is 0.358. The van der Waals surface area contributed by atoms with E-state index in [0.29, 0.717) is 31.3 Å². The molecular weight excluding hydrogens is 204 g/mol. The third-order valence-electron chi connectivity index (χ3n) is 1.96. The molecule has 1 aromatic heterocycles. The lowest BCUT2D eigenvalue weighted by molar-refractivity contribution is 0.205. The van der Waals surface area contributed by atoms with Crippen molar-refractivity contribution in [3.63, 3.8) is 0 Å². The van der Waals surface area contributed by atoms with Gasteiger partial charge in [0.25, 0.3) is 0 Å². The number of hydrogen-bond acceptors (Lipinski definition) is 5. The van der Waals surface area contributed by atoms with Crippen molar-refractivity contribution in [2.24, 2.45) is 0 Å². The first-order valence-electron chi connectivity index (χ1n) is 4.89. The summed E-state index contributed by atoms with van der Waals surface area (Å²) in [5.41, 5.74) is 0.358. The highest BCUT2D eigenvalue weighted by Crippen LogP contribution is 2.06. The standard InChI is InChI=1S/C11H14N4O/c1-3-6-15(7-8-16-2)11-13-5-4-10(9-12)14-11/h3-5H,1,6-8H2,2H3. The first kappa shape index (κ1) is 12.1. The van der Waals surface area contributed by atoms with Crippen LogP contribution in [0.3, 0.4) is 0 Å². The summed E-state index contributed by atoms with van der Waals surface area (Å²) in [5, 5.41) is 8.75. The van der Waals surface area contributed by atoms with E-state index in [4.69, 9.17) is 10.00 Å². The largest absolute Gasteiger partial charge is 0.383 e. The predicted octanol–water partition coefficient (Wildman–Crippen LogP) is 0.987. The molecule has 5 nitrogen and oxygen atoms in total. The van der Waals surface area contributed by atoms with Crippen molar-refractivity contribution in [2.45, 2.75) is 0 Å². The minimum Gasteiger partial charge on any atom is -0.383 e. The molecule has 1 heterocycles. The van der Waals surface area contributed by atoms with Crippen LogP contribution in [0.25, 0.3) is 0 Å². The lowest BCUT2D eigenvalue weighted by Gasteiger charge is -2.20. The van der Waals surface area contributed by atoms with Gasteiger partial charge in [-0.25, -0.2) is 9.97 Å². The maximum Gasteiger partial charge on any atom is 0.226 e. The third kappa shape index (κ3) is 3.33. The zero-order valence-electron chi connectivity index (χ0n) is 9.26. The maximum absolute atomic E-state index is 8.75. The van der Waals surface area contributed by atoms with Crippen LogP contribution in [0.5, 0.6) is 0 Å². The monoisotopic (exact) mass is 218 g/mol. The van der Waals surface area contributed by atoms with Gasteiger partial charge in [0.05, 0.1) is 6.61 Å². The summed E-state index contributed by atoms with van der Waals surface area (Å²) in [6, 6.07) is 3.56. The molecule has 0 aromatic carbocycles. The molecule has 0 saturated carbocycles. The van der Waals surface area contributed by atoms with Crippen molar-refractivity contribution in [1.29, 1.82) is 5.26 Å². The van der Waals surface area contributed by atoms with Crippen LogP contribution in [0.1, 0.15) is 5.69 Å². The highest BCUT2D eigenvalue weighted by Gasteiger charge is 2.08. The highest BCUT2D eigenvalue weighted by molar-refractivity contribution is 5.34. The van der Waals surface area contributed by atoms with Gasteiger partial charge in [0.15, 0.2) is 0 Å². The van der Waals surface area contributed by atoms with Gasteiger partial charge < -0.3 is 9.64 Å². The molecule has 1 rings (SSSR count). The van der Waals surface area contributed by atoms with Crippen LogP contribution in [0.4, 0.5) is 5.95 Å². The molecular formula is C11H14N4O. The Hall–Kier alpha value is -1.93. The second kappa shape index (κ2) is 6.53. The molecule has 1 aromatic rings. The fraction of sp³-hybridized carbons (Fsp3) is 0.364. The number of nitrogens with zero attached hydrogens (tertiary/aromatic N) is 4. The fourth-order valence-corrected chi connectivity index (χ4v) is 1.19. The SMILES string of the molecule is C=CCN(CCOC)c1nccc(C#N)n1. The van der Waals surface area contributed by atoms with Crippen molar-refractivity contribution in [3.05, 3.63) is 30.6 Å². The molecule has 0 radical (unpaired) electrons. The summed E-state index contributed by atoms with van der Waals surface area (Å²) in [6.07, 6.45) is 3.34. The number of rotatable bonds is 6. The van der Waals surface area contributed by atoms with E-state index < -0.39 is 0 Å². The van der Waals surface area contributed by atoms with Gasteiger partial charge in [0, 0.05) is 26.4 Å². The lowest BCUT2D eigenvalue weighted by Crippen LogP contribution is -2.29. The number of aromatic nitrogens is 2. The van der Waals surface area contributed by atoms with E-state index in [1.807, 2.05) is 11.0 Å². The number of hydrogen-bond donors (Lipinski definition) is 0. The highest BCUT2D eigenvalue weighted by atomic mass is 16.5. The molecule has 0 amide bonds. The molecule has 0 atom stereocenters. The quantitative estimate of drug-likeness (QED) is 0.666. The van der Waals surface area contributed by atoms with Gasteiger partial charge in [-0.3, -0.25) is 0 Å². The Morgan fingerprint density at radius 3 is 3.12 bits per heavy atom.